The summed E-state index contributed by atoms with van der Waals surface area (Å²) < 4.78 is 16.2. The number of nitro benzene ring substituents is 1. The Morgan fingerprint density at radius 1 is 1.29 bits per heavy atom. The highest BCUT2D eigenvalue weighted by Crippen LogP contribution is 2.32. The molecule has 0 radical (unpaired) electrons. The summed E-state index contributed by atoms with van der Waals surface area (Å²) in [5, 5.41) is 13.4. The Bertz CT molecular complexity index is 580. The van der Waals surface area contributed by atoms with Gasteiger partial charge in [-0.25, -0.2) is 4.79 Å². The average Bonchev–Trinajstić information content (AvgIpc) is 2.42. The molecule has 0 atom stereocenters. The number of rotatable bonds is 7. The summed E-state index contributed by atoms with van der Waals surface area (Å²) in [6, 6.07) is 4.14. The van der Waals surface area contributed by atoms with E-state index >= 15 is 0 Å². The van der Waals surface area contributed by atoms with Gasteiger partial charge in [-0.1, -0.05) is 0 Å². The van der Waals surface area contributed by atoms with Crippen molar-refractivity contribution in [3.05, 3.63) is 28.3 Å². The van der Waals surface area contributed by atoms with Crippen LogP contribution in [0.4, 0.5) is 10.5 Å². The van der Waals surface area contributed by atoms with Gasteiger partial charge in [0.15, 0.2) is 11.5 Å². The summed E-state index contributed by atoms with van der Waals surface area (Å²) in [6.45, 7) is 9.29. The maximum atomic E-state index is 11.5. The number of amides is 1. The largest absolute Gasteiger partial charge is 0.488 e. The highest BCUT2D eigenvalue weighted by atomic mass is 16.6. The van der Waals surface area contributed by atoms with Gasteiger partial charge in [0.1, 0.15) is 12.2 Å². The molecule has 0 aliphatic carbocycles. The quantitative estimate of drug-likeness (QED) is 0.464. The molecule has 0 heterocycles. The molecule has 0 saturated heterocycles. The summed E-state index contributed by atoms with van der Waals surface area (Å²) in [5.74, 6) is 0.664. The lowest BCUT2D eigenvalue weighted by molar-refractivity contribution is -0.385. The monoisotopic (exact) mass is 340 g/mol. The second-order valence-electron chi connectivity index (χ2n) is 6.33. The maximum absolute atomic E-state index is 11.5. The minimum atomic E-state index is -0.580. The molecule has 134 valence electrons. The Kier molecular flexibility index (Phi) is 6.82. The first-order chi connectivity index (χ1) is 11.1. The van der Waals surface area contributed by atoms with Crippen molar-refractivity contribution in [2.24, 2.45) is 0 Å². The van der Waals surface area contributed by atoms with E-state index in [9.17, 15) is 14.9 Å². The van der Waals surface area contributed by atoms with E-state index in [1.165, 1.54) is 18.2 Å². The SMILES string of the molecule is CC(C)Oc1ccc([N+](=O)[O-])cc1OCCNC(=O)OC(C)(C)C. The molecule has 8 nitrogen and oxygen atoms in total. The number of carbonyl (C=O) groups is 1. The Hall–Kier alpha value is -2.51. The van der Waals surface area contributed by atoms with E-state index in [1.807, 2.05) is 13.8 Å². The first-order valence-electron chi connectivity index (χ1n) is 7.63. The number of non-ortho nitro benzene ring substituents is 1. The van der Waals surface area contributed by atoms with Crippen LogP contribution < -0.4 is 14.8 Å². The fraction of sp³-hybridized carbons (Fsp3) is 0.562. The Morgan fingerprint density at radius 2 is 1.96 bits per heavy atom. The van der Waals surface area contributed by atoms with Crippen LogP contribution in [-0.2, 0) is 4.74 Å². The van der Waals surface area contributed by atoms with E-state index in [1.54, 1.807) is 20.8 Å². The molecule has 0 aliphatic heterocycles. The molecule has 1 aromatic rings. The van der Waals surface area contributed by atoms with Gasteiger partial charge in [0.25, 0.3) is 5.69 Å². The minimum Gasteiger partial charge on any atom is -0.488 e. The fourth-order valence-corrected chi connectivity index (χ4v) is 1.70. The van der Waals surface area contributed by atoms with Crippen LogP contribution in [0.3, 0.4) is 0 Å². The predicted octanol–water partition coefficient (Wildman–Crippen LogP) is 3.29. The zero-order chi connectivity index (χ0) is 18.3. The third-order valence-electron chi connectivity index (χ3n) is 2.53. The van der Waals surface area contributed by atoms with Gasteiger partial charge in [-0.15, -0.1) is 0 Å². The lowest BCUT2D eigenvalue weighted by Gasteiger charge is -2.20. The number of hydrogen-bond acceptors (Lipinski definition) is 6. The molecule has 1 N–H and O–H groups in total. The van der Waals surface area contributed by atoms with Crippen LogP contribution in [0.1, 0.15) is 34.6 Å². The number of alkyl carbamates (subject to hydrolysis) is 1. The van der Waals surface area contributed by atoms with Gasteiger partial charge in [0, 0.05) is 6.07 Å². The van der Waals surface area contributed by atoms with E-state index in [-0.39, 0.29) is 30.7 Å². The average molecular weight is 340 g/mol. The highest BCUT2D eigenvalue weighted by Gasteiger charge is 2.16. The van der Waals surface area contributed by atoms with E-state index in [0.29, 0.717) is 5.75 Å². The smallest absolute Gasteiger partial charge is 0.407 e. The lowest BCUT2D eigenvalue weighted by atomic mass is 10.2. The summed E-state index contributed by atoms with van der Waals surface area (Å²) in [4.78, 5) is 21.9. The second kappa shape index (κ2) is 8.37. The summed E-state index contributed by atoms with van der Waals surface area (Å²) in [6.07, 6.45) is -0.655. The van der Waals surface area contributed by atoms with Crippen LogP contribution in [0.15, 0.2) is 18.2 Å². The zero-order valence-corrected chi connectivity index (χ0v) is 14.6. The molecule has 8 heteroatoms. The topological polar surface area (TPSA) is 99.9 Å². The predicted molar refractivity (Wildman–Crippen MR) is 88.6 cm³/mol. The van der Waals surface area contributed by atoms with Gasteiger partial charge in [-0.2, -0.15) is 0 Å². The van der Waals surface area contributed by atoms with Crippen LogP contribution in [-0.4, -0.2) is 35.9 Å². The normalized spacial score (nSPS) is 11.1. The first-order valence-corrected chi connectivity index (χ1v) is 7.63. The van der Waals surface area contributed by atoms with Crippen molar-refractivity contribution in [3.8, 4) is 11.5 Å². The summed E-state index contributed by atoms with van der Waals surface area (Å²) >= 11 is 0. The maximum Gasteiger partial charge on any atom is 0.407 e. The number of ether oxygens (including phenoxy) is 3. The van der Waals surface area contributed by atoms with Gasteiger partial charge in [-0.05, 0) is 40.7 Å². The number of carbonyl (C=O) groups excluding carboxylic acids is 1. The van der Waals surface area contributed by atoms with Gasteiger partial charge in [0.2, 0.25) is 0 Å². The molecular formula is C16H24N2O6. The van der Waals surface area contributed by atoms with Crippen LogP contribution >= 0.6 is 0 Å². The Morgan fingerprint density at radius 3 is 2.50 bits per heavy atom. The molecule has 0 fully saturated rings. The van der Waals surface area contributed by atoms with E-state index < -0.39 is 16.6 Å². The van der Waals surface area contributed by atoms with E-state index in [4.69, 9.17) is 14.2 Å². The Balaban J connectivity index is 2.63. The van der Waals surface area contributed by atoms with Crippen molar-refractivity contribution in [1.82, 2.24) is 5.32 Å². The number of hydrogen-bond donors (Lipinski definition) is 1. The molecule has 0 bridgehead atoms. The van der Waals surface area contributed by atoms with Gasteiger partial charge < -0.3 is 19.5 Å². The molecule has 0 unspecified atom stereocenters. The molecule has 0 saturated carbocycles. The minimum absolute atomic E-state index is 0.0961. The molecule has 0 aromatic heterocycles. The Labute approximate surface area is 141 Å². The molecule has 1 rings (SSSR count). The van der Waals surface area contributed by atoms with Crippen molar-refractivity contribution >= 4 is 11.8 Å². The molecule has 1 amide bonds. The summed E-state index contributed by atoms with van der Waals surface area (Å²) in [7, 11) is 0. The van der Waals surface area contributed by atoms with Gasteiger partial charge in [-0.3, -0.25) is 10.1 Å². The van der Waals surface area contributed by atoms with Gasteiger partial charge in [0.05, 0.1) is 23.6 Å². The van der Waals surface area contributed by atoms with Crippen LogP contribution in [0, 0.1) is 10.1 Å². The highest BCUT2D eigenvalue weighted by molar-refractivity contribution is 5.67. The van der Waals surface area contributed by atoms with Crippen molar-refractivity contribution in [2.75, 3.05) is 13.2 Å². The number of nitrogens with zero attached hydrogens (tertiary/aromatic N) is 1. The first kappa shape index (κ1) is 19.5. The van der Waals surface area contributed by atoms with E-state index in [2.05, 4.69) is 5.32 Å². The standard InChI is InChI=1S/C16H24N2O6/c1-11(2)23-13-7-6-12(18(20)21)10-14(13)22-9-8-17-15(19)24-16(3,4)5/h6-7,10-11H,8-9H2,1-5H3,(H,17,19). The van der Waals surface area contributed by atoms with E-state index in [0.717, 1.165) is 0 Å². The third-order valence-corrected chi connectivity index (χ3v) is 2.53. The molecule has 1 aromatic carbocycles. The molecule has 0 spiro atoms. The number of nitro groups is 1. The van der Waals surface area contributed by atoms with Crippen LogP contribution in [0.5, 0.6) is 11.5 Å². The lowest BCUT2D eigenvalue weighted by Crippen LogP contribution is -2.34. The fourth-order valence-electron chi connectivity index (χ4n) is 1.70. The summed E-state index contributed by atoms with van der Waals surface area (Å²) in [5.41, 5.74) is -0.676. The van der Waals surface area contributed by atoms with Crippen molar-refractivity contribution in [1.29, 1.82) is 0 Å². The third kappa shape index (κ3) is 7.17. The number of benzene rings is 1. The van der Waals surface area contributed by atoms with Crippen molar-refractivity contribution < 1.29 is 23.9 Å². The second-order valence-corrected chi connectivity index (χ2v) is 6.33. The van der Waals surface area contributed by atoms with Crippen molar-refractivity contribution in [3.63, 3.8) is 0 Å². The zero-order valence-electron chi connectivity index (χ0n) is 14.6. The molecular weight excluding hydrogens is 316 g/mol. The van der Waals surface area contributed by atoms with Gasteiger partial charge >= 0.3 is 6.09 Å². The van der Waals surface area contributed by atoms with Crippen molar-refractivity contribution in [2.45, 2.75) is 46.3 Å². The molecule has 24 heavy (non-hydrogen) atoms. The van der Waals surface area contributed by atoms with Crippen LogP contribution in [0.2, 0.25) is 0 Å². The number of nitrogens with one attached hydrogen (secondary N) is 1. The molecule has 0 aliphatic rings. The van der Waals surface area contributed by atoms with Crippen LogP contribution in [0.25, 0.3) is 0 Å².